The van der Waals surface area contributed by atoms with Crippen LogP contribution in [0.25, 0.3) is 21.8 Å². The zero-order valence-corrected chi connectivity index (χ0v) is 21.1. The van der Waals surface area contributed by atoms with Gasteiger partial charge >= 0.3 is 11.9 Å². The molecule has 2 N–H and O–H groups in total. The standard InChI is InChI=1S/C28H28N2O9/c31-27(32)21-9-7-19-3-1-5-23(25(19)29-21)38-17-15-36-13-11-35-12-14-37-16-18-39-24-6-2-4-20-8-10-22(28(33)34)30-26(20)24/h1-10H,11-18H2,(H,31,32)(H,33,34). The molecule has 0 aliphatic heterocycles. The van der Waals surface area contributed by atoms with Crippen LogP contribution < -0.4 is 9.47 Å². The molecule has 2 heterocycles. The number of para-hydroxylation sites is 2. The lowest BCUT2D eigenvalue weighted by molar-refractivity contribution is 0.00510. The van der Waals surface area contributed by atoms with E-state index in [4.69, 9.17) is 33.9 Å². The number of carbonyl (C=O) groups is 2. The number of carboxylic acid groups (broad SMARTS) is 2. The number of fused-ring (bicyclic) bond motifs is 2. The normalized spacial score (nSPS) is 11.1. The van der Waals surface area contributed by atoms with Gasteiger partial charge in [0.25, 0.3) is 0 Å². The Labute approximate surface area is 223 Å². The fraction of sp³-hybridized carbons (Fsp3) is 0.286. The molecule has 0 radical (unpaired) electrons. The third kappa shape index (κ3) is 7.84. The molecular formula is C28H28N2O9. The molecule has 0 saturated heterocycles. The molecule has 11 nitrogen and oxygen atoms in total. The highest BCUT2D eigenvalue weighted by Crippen LogP contribution is 2.25. The van der Waals surface area contributed by atoms with E-state index in [1.807, 2.05) is 24.3 Å². The lowest BCUT2D eigenvalue weighted by Crippen LogP contribution is -2.14. The predicted octanol–water partition coefficient (Wildman–Crippen LogP) is 3.69. The molecule has 39 heavy (non-hydrogen) atoms. The van der Waals surface area contributed by atoms with Crippen LogP contribution in [-0.2, 0) is 14.2 Å². The van der Waals surface area contributed by atoms with E-state index in [9.17, 15) is 9.59 Å². The van der Waals surface area contributed by atoms with E-state index in [-0.39, 0.29) is 24.6 Å². The van der Waals surface area contributed by atoms with Gasteiger partial charge in [0, 0.05) is 10.8 Å². The third-order valence-corrected chi connectivity index (χ3v) is 5.52. The largest absolute Gasteiger partial charge is 0.489 e. The van der Waals surface area contributed by atoms with Crippen molar-refractivity contribution in [3.05, 3.63) is 72.1 Å². The molecule has 0 aliphatic carbocycles. The van der Waals surface area contributed by atoms with Gasteiger partial charge in [0.1, 0.15) is 47.1 Å². The second kappa shape index (κ2) is 14.0. The Kier molecular flexibility index (Phi) is 9.95. The summed E-state index contributed by atoms with van der Waals surface area (Å²) in [6.45, 7) is 2.80. The van der Waals surface area contributed by atoms with Crippen LogP contribution in [0.5, 0.6) is 11.5 Å². The lowest BCUT2D eigenvalue weighted by Gasteiger charge is -2.11. The van der Waals surface area contributed by atoms with E-state index >= 15 is 0 Å². The van der Waals surface area contributed by atoms with Gasteiger partial charge in [0.15, 0.2) is 0 Å². The molecule has 4 rings (SSSR count). The number of pyridine rings is 2. The molecule has 204 valence electrons. The van der Waals surface area contributed by atoms with Gasteiger partial charge in [-0.05, 0) is 24.3 Å². The molecule has 0 atom stereocenters. The first kappa shape index (κ1) is 27.7. The fourth-order valence-electron chi connectivity index (χ4n) is 3.67. The third-order valence-electron chi connectivity index (χ3n) is 5.52. The van der Waals surface area contributed by atoms with Crippen LogP contribution in [0.15, 0.2) is 60.7 Å². The van der Waals surface area contributed by atoms with Gasteiger partial charge in [-0.15, -0.1) is 0 Å². The number of rotatable bonds is 16. The Morgan fingerprint density at radius 1 is 0.538 bits per heavy atom. The molecule has 0 bridgehead atoms. The minimum Gasteiger partial charge on any atom is -0.489 e. The Balaban J connectivity index is 1.05. The molecule has 0 amide bonds. The zero-order valence-electron chi connectivity index (χ0n) is 21.1. The van der Waals surface area contributed by atoms with Crippen LogP contribution in [0.1, 0.15) is 21.0 Å². The van der Waals surface area contributed by atoms with Gasteiger partial charge in [0.05, 0.1) is 39.6 Å². The van der Waals surface area contributed by atoms with E-state index in [1.54, 1.807) is 24.3 Å². The summed E-state index contributed by atoms with van der Waals surface area (Å²) in [7, 11) is 0. The number of hydrogen-bond acceptors (Lipinski definition) is 9. The highest BCUT2D eigenvalue weighted by atomic mass is 16.6. The van der Waals surface area contributed by atoms with Crippen molar-refractivity contribution in [3.8, 4) is 11.5 Å². The Morgan fingerprint density at radius 3 is 1.31 bits per heavy atom. The van der Waals surface area contributed by atoms with E-state index in [1.165, 1.54) is 12.1 Å². The highest BCUT2D eigenvalue weighted by molar-refractivity contribution is 5.92. The van der Waals surface area contributed by atoms with Crippen molar-refractivity contribution in [2.75, 3.05) is 52.9 Å². The van der Waals surface area contributed by atoms with Gasteiger partial charge in [-0.25, -0.2) is 19.6 Å². The van der Waals surface area contributed by atoms with E-state index < -0.39 is 11.9 Å². The number of carboxylic acids is 2. The SMILES string of the molecule is O=C(O)c1ccc2cccc(OCCOCCOCCOCCOc3cccc4ccc(C(=O)O)nc34)c2n1. The molecule has 0 fully saturated rings. The monoisotopic (exact) mass is 536 g/mol. The van der Waals surface area contributed by atoms with Crippen molar-refractivity contribution >= 4 is 33.7 Å². The molecule has 0 saturated carbocycles. The smallest absolute Gasteiger partial charge is 0.354 e. The molecule has 2 aromatic carbocycles. The first-order valence-electron chi connectivity index (χ1n) is 12.3. The summed E-state index contributed by atoms with van der Waals surface area (Å²) in [5.74, 6) is -1.19. The van der Waals surface area contributed by atoms with Crippen LogP contribution >= 0.6 is 0 Å². The van der Waals surface area contributed by atoms with Crippen molar-refractivity contribution in [1.29, 1.82) is 0 Å². The van der Waals surface area contributed by atoms with Gasteiger partial charge in [-0.1, -0.05) is 36.4 Å². The van der Waals surface area contributed by atoms with Crippen molar-refractivity contribution in [3.63, 3.8) is 0 Å². The zero-order chi connectivity index (χ0) is 27.5. The first-order chi connectivity index (χ1) is 19.0. The summed E-state index contributed by atoms with van der Waals surface area (Å²) in [5, 5.41) is 19.9. The van der Waals surface area contributed by atoms with E-state index in [0.29, 0.717) is 62.2 Å². The maximum atomic E-state index is 11.2. The summed E-state index contributed by atoms with van der Waals surface area (Å²) in [6.07, 6.45) is 0. The average Bonchev–Trinajstić information content (AvgIpc) is 2.95. The summed E-state index contributed by atoms with van der Waals surface area (Å²) >= 11 is 0. The van der Waals surface area contributed by atoms with Crippen LogP contribution in [0.4, 0.5) is 0 Å². The molecule has 0 aliphatic rings. The van der Waals surface area contributed by atoms with Crippen molar-refractivity contribution < 1.29 is 43.5 Å². The number of benzene rings is 2. The second-order valence-electron chi connectivity index (χ2n) is 8.19. The molecule has 4 aromatic rings. The molecular weight excluding hydrogens is 508 g/mol. The van der Waals surface area contributed by atoms with E-state index in [2.05, 4.69) is 9.97 Å². The molecule has 2 aromatic heterocycles. The van der Waals surface area contributed by atoms with Crippen molar-refractivity contribution in [2.45, 2.75) is 0 Å². The van der Waals surface area contributed by atoms with Gasteiger partial charge in [-0.3, -0.25) is 0 Å². The van der Waals surface area contributed by atoms with Crippen LogP contribution in [0.2, 0.25) is 0 Å². The summed E-state index contributed by atoms with van der Waals surface area (Å²) in [6, 6.07) is 17.1. The summed E-state index contributed by atoms with van der Waals surface area (Å²) < 4.78 is 28.0. The lowest BCUT2D eigenvalue weighted by atomic mass is 10.2. The number of aromatic carboxylic acids is 2. The van der Waals surface area contributed by atoms with E-state index in [0.717, 1.165) is 10.8 Å². The molecule has 0 unspecified atom stereocenters. The summed E-state index contributed by atoms with van der Waals surface area (Å²) in [4.78, 5) is 30.7. The number of nitrogens with zero attached hydrogens (tertiary/aromatic N) is 2. The fourth-order valence-corrected chi connectivity index (χ4v) is 3.67. The van der Waals surface area contributed by atoms with Crippen LogP contribution in [0.3, 0.4) is 0 Å². The van der Waals surface area contributed by atoms with Crippen molar-refractivity contribution in [2.24, 2.45) is 0 Å². The number of hydrogen-bond donors (Lipinski definition) is 2. The maximum Gasteiger partial charge on any atom is 0.354 e. The minimum absolute atomic E-state index is 0.0401. The van der Waals surface area contributed by atoms with Gasteiger partial charge < -0.3 is 33.9 Å². The maximum absolute atomic E-state index is 11.2. The Hall–Kier alpha value is -4.32. The highest BCUT2D eigenvalue weighted by Gasteiger charge is 2.10. The average molecular weight is 537 g/mol. The van der Waals surface area contributed by atoms with Gasteiger partial charge in [0.2, 0.25) is 0 Å². The Morgan fingerprint density at radius 2 is 0.923 bits per heavy atom. The molecule has 11 heteroatoms. The van der Waals surface area contributed by atoms with Crippen LogP contribution in [-0.4, -0.2) is 85.0 Å². The van der Waals surface area contributed by atoms with Crippen LogP contribution in [0, 0.1) is 0 Å². The summed E-state index contributed by atoms with van der Waals surface area (Å²) in [5.41, 5.74) is 0.905. The first-order valence-corrected chi connectivity index (χ1v) is 12.3. The number of aromatic nitrogens is 2. The molecule has 0 spiro atoms. The Bertz CT molecular complexity index is 1320. The topological polar surface area (TPSA) is 147 Å². The van der Waals surface area contributed by atoms with Gasteiger partial charge in [-0.2, -0.15) is 0 Å². The minimum atomic E-state index is -1.09. The number of ether oxygens (including phenoxy) is 5. The quantitative estimate of drug-likeness (QED) is 0.202. The second-order valence-corrected chi connectivity index (χ2v) is 8.19. The van der Waals surface area contributed by atoms with Crippen molar-refractivity contribution in [1.82, 2.24) is 9.97 Å². The predicted molar refractivity (Wildman–Crippen MR) is 141 cm³/mol.